The fourth-order valence-corrected chi connectivity index (χ4v) is 2.36. The van der Waals surface area contributed by atoms with Crippen molar-refractivity contribution >= 4 is 27.5 Å². The van der Waals surface area contributed by atoms with Crippen molar-refractivity contribution in [2.24, 2.45) is 0 Å². The number of aromatic amines is 1. The Morgan fingerprint density at radius 1 is 1.41 bits per heavy atom. The fraction of sp³-hybridized carbons (Fsp3) is 0.250. The van der Waals surface area contributed by atoms with E-state index in [9.17, 15) is 4.79 Å². The van der Waals surface area contributed by atoms with Crippen LogP contribution in [0.4, 0.5) is 0 Å². The molecule has 0 bridgehead atoms. The molecule has 17 heavy (non-hydrogen) atoms. The molecule has 0 aliphatic carbocycles. The van der Waals surface area contributed by atoms with Crippen molar-refractivity contribution in [2.75, 3.05) is 0 Å². The predicted octanol–water partition coefficient (Wildman–Crippen LogP) is 3.53. The van der Waals surface area contributed by atoms with E-state index in [0.29, 0.717) is 15.2 Å². The molecule has 0 amide bonds. The predicted molar refractivity (Wildman–Crippen MR) is 73.1 cm³/mol. The Morgan fingerprint density at radius 2 is 2.12 bits per heavy atom. The molecule has 0 unspecified atom stereocenters. The van der Waals surface area contributed by atoms with Gasteiger partial charge in [0.2, 0.25) is 0 Å². The number of rotatable bonds is 3. The number of hydrogen-bond donors (Lipinski definition) is 1. The van der Waals surface area contributed by atoms with Crippen LogP contribution in [0.3, 0.4) is 0 Å². The molecule has 3 nitrogen and oxygen atoms in total. The third-order valence-corrected chi connectivity index (χ3v) is 3.63. The highest BCUT2D eigenvalue weighted by Crippen LogP contribution is 2.20. The van der Waals surface area contributed by atoms with Crippen LogP contribution < -0.4 is 5.56 Å². The van der Waals surface area contributed by atoms with E-state index < -0.39 is 0 Å². The summed E-state index contributed by atoms with van der Waals surface area (Å²) in [4.78, 5) is 12.0. The number of benzene rings is 1. The Labute approximate surface area is 113 Å². The van der Waals surface area contributed by atoms with Crippen LogP contribution in [0.2, 0.25) is 5.02 Å². The van der Waals surface area contributed by atoms with E-state index in [4.69, 9.17) is 11.6 Å². The fourth-order valence-electron chi connectivity index (χ4n) is 1.68. The average Bonchev–Trinajstić information content (AvgIpc) is 2.59. The second-order valence-corrected chi connectivity index (χ2v) is 4.95. The zero-order valence-corrected chi connectivity index (χ0v) is 11.7. The lowest BCUT2D eigenvalue weighted by Gasteiger charge is -2.03. The summed E-state index contributed by atoms with van der Waals surface area (Å²) in [5.41, 5.74) is 1.46. The maximum absolute atomic E-state index is 12.0. The zero-order valence-electron chi connectivity index (χ0n) is 9.34. The first-order chi connectivity index (χ1) is 8.15. The number of H-pyrrole nitrogens is 1. The number of aromatic nitrogens is 2. The molecule has 2 aromatic rings. The molecule has 90 valence electrons. The van der Waals surface area contributed by atoms with Gasteiger partial charge in [-0.15, -0.1) is 0 Å². The third-order valence-electron chi connectivity index (χ3n) is 2.50. The first-order valence-corrected chi connectivity index (χ1v) is 6.56. The number of para-hydroxylation sites is 1. The van der Waals surface area contributed by atoms with Crippen molar-refractivity contribution in [1.29, 1.82) is 0 Å². The van der Waals surface area contributed by atoms with Gasteiger partial charge in [-0.2, -0.15) is 0 Å². The van der Waals surface area contributed by atoms with E-state index in [1.165, 1.54) is 4.68 Å². The quantitative estimate of drug-likeness (QED) is 0.924. The van der Waals surface area contributed by atoms with Gasteiger partial charge >= 0.3 is 0 Å². The lowest BCUT2D eigenvalue weighted by molar-refractivity contribution is 0.793. The maximum atomic E-state index is 12.0. The second-order valence-electron chi connectivity index (χ2n) is 3.75. The Balaban J connectivity index is 2.58. The summed E-state index contributed by atoms with van der Waals surface area (Å²) in [7, 11) is 0. The molecular weight excluding hydrogens is 304 g/mol. The van der Waals surface area contributed by atoms with Crippen molar-refractivity contribution in [3.63, 3.8) is 0 Å². The number of aryl methyl sites for hydroxylation is 1. The zero-order chi connectivity index (χ0) is 12.4. The lowest BCUT2D eigenvalue weighted by atomic mass is 10.3. The number of halogens is 2. The van der Waals surface area contributed by atoms with E-state index in [0.717, 1.165) is 18.5 Å². The van der Waals surface area contributed by atoms with Crippen LogP contribution in [-0.2, 0) is 6.42 Å². The summed E-state index contributed by atoms with van der Waals surface area (Å²) >= 11 is 9.39. The minimum absolute atomic E-state index is 0.110. The Bertz CT molecular complexity index is 588. The maximum Gasteiger partial charge on any atom is 0.285 e. The van der Waals surface area contributed by atoms with Crippen molar-refractivity contribution in [1.82, 2.24) is 9.78 Å². The van der Waals surface area contributed by atoms with Gasteiger partial charge in [0.15, 0.2) is 0 Å². The molecule has 2 rings (SSSR count). The Morgan fingerprint density at radius 3 is 2.76 bits per heavy atom. The summed E-state index contributed by atoms with van der Waals surface area (Å²) in [5, 5.41) is 3.63. The molecule has 1 N–H and O–H groups in total. The Kier molecular flexibility index (Phi) is 3.74. The molecule has 5 heteroatoms. The van der Waals surface area contributed by atoms with Gasteiger partial charge in [-0.1, -0.05) is 37.1 Å². The van der Waals surface area contributed by atoms with Crippen molar-refractivity contribution in [2.45, 2.75) is 19.8 Å². The highest BCUT2D eigenvalue weighted by atomic mass is 79.9. The van der Waals surface area contributed by atoms with Crippen molar-refractivity contribution in [3.8, 4) is 5.69 Å². The monoisotopic (exact) mass is 314 g/mol. The van der Waals surface area contributed by atoms with Gasteiger partial charge < -0.3 is 0 Å². The van der Waals surface area contributed by atoms with E-state index in [-0.39, 0.29) is 5.56 Å². The number of nitrogens with zero attached hydrogens (tertiary/aromatic N) is 1. The first kappa shape index (κ1) is 12.5. The van der Waals surface area contributed by atoms with Gasteiger partial charge in [-0.3, -0.25) is 9.89 Å². The molecule has 1 aromatic carbocycles. The highest BCUT2D eigenvalue weighted by Gasteiger charge is 2.13. The van der Waals surface area contributed by atoms with Crippen LogP contribution in [0, 0.1) is 0 Å². The largest absolute Gasteiger partial charge is 0.294 e. The topological polar surface area (TPSA) is 37.8 Å². The summed E-state index contributed by atoms with van der Waals surface area (Å²) in [6.45, 7) is 2.07. The summed E-state index contributed by atoms with van der Waals surface area (Å²) < 4.78 is 2.05. The summed E-state index contributed by atoms with van der Waals surface area (Å²) in [6, 6.07) is 7.25. The normalized spacial score (nSPS) is 10.8. The van der Waals surface area contributed by atoms with Crippen LogP contribution in [-0.4, -0.2) is 9.78 Å². The standard InChI is InChI=1S/C12H12BrClN2O/c1-2-5-9-11(13)12(17)16(15-9)10-7-4-3-6-8(10)14/h3-4,6-7,15H,2,5H2,1H3. The molecule has 0 saturated carbocycles. The van der Waals surface area contributed by atoms with Gasteiger partial charge in [0.05, 0.1) is 16.4 Å². The second kappa shape index (κ2) is 5.10. The summed E-state index contributed by atoms with van der Waals surface area (Å²) in [6.07, 6.45) is 1.80. The molecule has 0 radical (unpaired) electrons. The molecule has 1 aromatic heterocycles. The van der Waals surface area contributed by atoms with Gasteiger partial charge in [-0.05, 0) is 34.5 Å². The van der Waals surface area contributed by atoms with Gasteiger partial charge in [-0.25, -0.2) is 4.68 Å². The first-order valence-electron chi connectivity index (χ1n) is 5.39. The molecule has 0 aliphatic rings. The third kappa shape index (κ3) is 2.33. The van der Waals surface area contributed by atoms with Gasteiger partial charge in [0, 0.05) is 0 Å². The van der Waals surface area contributed by atoms with E-state index in [2.05, 4.69) is 28.0 Å². The Hall–Kier alpha value is -1.00. The minimum atomic E-state index is -0.110. The smallest absolute Gasteiger partial charge is 0.285 e. The van der Waals surface area contributed by atoms with Crippen molar-refractivity contribution in [3.05, 3.63) is 49.8 Å². The summed E-state index contributed by atoms with van der Waals surface area (Å²) in [5.74, 6) is 0. The minimum Gasteiger partial charge on any atom is -0.294 e. The lowest BCUT2D eigenvalue weighted by Crippen LogP contribution is -2.14. The van der Waals surface area contributed by atoms with Crippen molar-refractivity contribution < 1.29 is 0 Å². The average molecular weight is 316 g/mol. The molecule has 0 saturated heterocycles. The number of hydrogen-bond acceptors (Lipinski definition) is 1. The van der Waals surface area contributed by atoms with Crippen LogP contribution in [0.5, 0.6) is 0 Å². The molecule has 0 spiro atoms. The van der Waals surface area contributed by atoms with Crippen LogP contribution in [0.25, 0.3) is 5.69 Å². The van der Waals surface area contributed by atoms with E-state index in [1.54, 1.807) is 6.07 Å². The SMILES string of the molecule is CCCc1[nH]n(-c2ccccc2Cl)c(=O)c1Br. The van der Waals surface area contributed by atoms with E-state index >= 15 is 0 Å². The molecule has 0 aliphatic heterocycles. The van der Waals surface area contributed by atoms with Crippen LogP contribution >= 0.6 is 27.5 Å². The van der Waals surface area contributed by atoms with Gasteiger partial charge in [0.25, 0.3) is 5.56 Å². The van der Waals surface area contributed by atoms with Crippen LogP contribution in [0.15, 0.2) is 33.5 Å². The molecule has 1 heterocycles. The highest BCUT2D eigenvalue weighted by molar-refractivity contribution is 9.10. The molecule has 0 fully saturated rings. The molecule has 0 atom stereocenters. The van der Waals surface area contributed by atoms with E-state index in [1.807, 2.05) is 18.2 Å². The number of nitrogens with one attached hydrogen (secondary N) is 1. The molecular formula is C12H12BrClN2O. The van der Waals surface area contributed by atoms with Crippen LogP contribution in [0.1, 0.15) is 19.0 Å². The van der Waals surface area contributed by atoms with Gasteiger partial charge in [0.1, 0.15) is 4.47 Å².